The molecule has 1 aliphatic rings. The molecule has 1 aromatic heterocycles. The largest absolute Gasteiger partial charge is 0.497 e. The molecule has 1 saturated heterocycles. The minimum atomic E-state index is -0.286. The molecule has 2 heterocycles. The van der Waals surface area contributed by atoms with Crippen molar-refractivity contribution in [1.29, 1.82) is 0 Å². The number of ether oxygens (including phenoxy) is 1. The van der Waals surface area contributed by atoms with Crippen LogP contribution in [-0.2, 0) is 6.54 Å². The highest BCUT2D eigenvalue weighted by atomic mass is 19.1. The number of hydrogen-bond acceptors (Lipinski definition) is 6. The van der Waals surface area contributed by atoms with Crippen molar-refractivity contribution in [2.75, 3.05) is 38.2 Å². The standard InChI is InChI=1S/C26H26F2N6O/c1-35-24-12-2-19(3-13-24)18-34-26(29-30-31-34)25(20-4-6-21(27)7-5-20)33-16-14-32(15-17-33)23-10-8-22(28)9-11-23/h2-13,25H,14-18H2,1H3/t25-/m1/s1. The molecular weight excluding hydrogens is 450 g/mol. The van der Waals surface area contributed by atoms with Crippen molar-refractivity contribution in [3.05, 3.63) is 101 Å². The van der Waals surface area contributed by atoms with Crippen LogP contribution >= 0.6 is 0 Å². The lowest BCUT2D eigenvalue weighted by Crippen LogP contribution is -2.48. The molecule has 0 saturated carbocycles. The van der Waals surface area contributed by atoms with Crippen LogP contribution in [0.25, 0.3) is 0 Å². The molecule has 0 radical (unpaired) electrons. The van der Waals surface area contributed by atoms with Gasteiger partial charge >= 0.3 is 0 Å². The van der Waals surface area contributed by atoms with E-state index >= 15 is 0 Å². The summed E-state index contributed by atoms with van der Waals surface area (Å²) in [6.45, 7) is 3.52. The molecule has 3 aromatic carbocycles. The second-order valence-electron chi connectivity index (χ2n) is 8.50. The summed E-state index contributed by atoms with van der Waals surface area (Å²) in [6, 6.07) is 20.6. The van der Waals surface area contributed by atoms with Crippen molar-refractivity contribution in [3.8, 4) is 5.75 Å². The van der Waals surface area contributed by atoms with Gasteiger partial charge in [-0.1, -0.05) is 24.3 Å². The van der Waals surface area contributed by atoms with Gasteiger partial charge in [0.1, 0.15) is 17.4 Å². The molecular formula is C26H26F2N6O. The second-order valence-corrected chi connectivity index (χ2v) is 8.50. The average Bonchev–Trinajstić information content (AvgIpc) is 3.34. The van der Waals surface area contributed by atoms with Gasteiger partial charge in [0.05, 0.1) is 19.7 Å². The highest BCUT2D eigenvalue weighted by molar-refractivity contribution is 5.46. The maximum absolute atomic E-state index is 13.7. The van der Waals surface area contributed by atoms with Crippen LogP contribution in [0.15, 0.2) is 72.8 Å². The van der Waals surface area contributed by atoms with E-state index < -0.39 is 0 Å². The predicted octanol–water partition coefficient (Wildman–Crippen LogP) is 3.92. The minimum Gasteiger partial charge on any atom is -0.497 e. The van der Waals surface area contributed by atoms with Crippen molar-refractivity contribution in [3.63, 3.8) is 0 Å². The summed E-state index contributed by atoms with van der Waals surface area (Å²) in [4.78, 5) is 4.54. The Morgan fingerprint density at radius 1 is 0.829 bits per heavy atom. The maximum Gasteiger partial charge on any atom is 0.173 e. The fourth-order valence-corrected chi connectivity index (χ4v) is 4.48. The molecule has 1 aliphatic heterocycles. The average molecular weight is 477 g/mol. The summed E-state index contributed by atoms with van der Waals surface area (Å²) in [5, 5.41) is 12.6. The van der Waals surface area contributed by atoms with Crippen LogP contribution < -0.4 is 9.64 Å². The number of rotatable bonds is 7. The first kappa shape index (κ1) is 22.9. The Morgan fingerprint density at radius 2 is 1.46 bits per heavy atom. The van der Waals surface area contributed by atoms with Gasteiger partial charge in [0, 0.05) is 31.9 Å². The molecule has 0 unspecified atom stereocenters. The van der Waals surface area contributed by atoms with Crippen molar-refractivity contribution >= 4 is 5.69 Å². The molecule has 180 valence electrons. The summed E-state index contributed by atoms with van der Waals surface area (Å²) in [5.41, 5.74) is 2.96. The van der Waals surface area contributed by atoms with Gasteiger partial charge in [-0.3, -0.25) is 4.90 Å². The summed E-state index contributed by atoms with van der Waals surface area (Å²) in [6.07, 6.45) is 0. The SMILES string of the molecule is COc1ccc(Cn2nnnc2[C@@H](c2ccc(F)cc2)N2CCN(c3ccc(F)cc3)CC2)cc1. The fraction of sp³-hybridized carbons (Fsp3) is 0.269. The Bertz CT molecular complexity index is 1240. The zero-order valence-corrected chi connectivity index (χ0v) is 19.4. The van der Waals surface area contributed by atoms with E-state index in [-0.39, 0.29) is 17.7 Å². The quantitative estimate of drug-likeness (QED) is 0.403. The molecule has 35 heavy (non-hydrogen) atoms. The third-order valence-corrected chi connectivity index (χ3v) is 6.35. The number of halogens is 2. The number of hydrogen-bond donors (Lipinski definition) is 0. The third kappa shape index (κ3) is 5.14. The number of aromatic nitrogens is 4. The molecule has 0 N–H and O–H groups in total. The molecule has 1 atom stereocenters. The number of benzene rings is 3. The van der Waals surface area contributed by atoms with Crippen LogP contribution in [-0.4, -0.2) is 58.4 Å². The van der Waals surface area contributed by atoms with Crippen molar-refractivity contribution in [1.82, 2.24) is 25.1 Å². The molecule has 0 aliphatic carbocycles. The number of nitrogens with zero attached hydrogens (tertiary/aromatic N) is 6. The molecule has 0 amide bonds. The Morgan fingerprint density at radius 3 is 2.09 bits per heavy atom. The first-order chi connectivity index (χ1) is 17.1. The lowest BCUT2D eigenvalue weighted by molar-refractivity contribution is 0.201. The van der Waals surface area contributed by atoms with Gasteiger partial charge in [-0.15, -0.1) is 5.10 Å². The van der Waals surface area contributed by atoms with Gasteiger partial charge in [-0.25, -0.2) is 13.5 Å². The Hall–Kier alpha value is -3.85. The monoisotopic (exact) mass is 476 g/mol. The highest BCUT2D eigenvalue weighted by Crippen LogP contribution is 2.30. The number of piperazine rings is 1. The van der Waals surface area contributed by atoms with Gasteiger partial charge in [-0.05, 0) is 70.1 Å². The van der Waals surface area contributed by atoms with E-state index in [1.54, 1.807) is 36.1 Å². The van der Waals surface area contributed by atoms with Gasteiger partial charge in [0.25, 0.3) is 0 Å². The first-order valence-electron chi connectivity index (χ1n) is 11.5. The zero-order chi connectivity index (χ0) is 24.2. The van der Waals surface area contributed by atoms with E-state index in [2.05, 4.69) is 25.3 Å². The van der Waals surface area contributed by atoms with Crippen molar-refractivity contribution in [2.24, 2.45) is 0 Å². The minimum absolute atomic E-state index is 0.237. The molecule has 7 nitrogen and oxygen atoms in total. The summed E-state index contributed by atoms with van der Waals surface area (Å²) in [7, 11) is 1.64. The summed E-state index contributed by atoms with van der Waals surface area (Å²) in [5.74, 6) is 0.954. The molecule has 9 heteroatoms. The van der Waals surface area contributed by atoms with E-state index in [1.165, 1.54) is 24.3 Å². The molecule has 0 bridgehead atoms. The van der Waals surface area contributed by atoms with E-state index in [0.29, 0.717) is 12.4 Å². The lowest BCUT2D eigenvalue weighted by Gasteiger charge is -2.40. The Balaban J connectivity index is 1.40. The van der Waals surface area contributed by atoms with Gasteiger partial charge in [-0.2, -0.15) is 0 Å². The predicted molar refractivity (Wildman–Crippen MR) is 128 cm³/mol. The Kier molecular flexibility index (Phi) is 6.67. The molecule has 1 fully saturated rings. The van der Waals surface area contributed by atoms with Gasteiger partial charge in [0.2, 0.25) is 0 Å². The van der Waals surface area contributed by atoms with Crippen LogP contribution in [0.1, 0.15) is 23.0 Å². The smallest absolute Gasteiger partial charge is 0.173 e. The second kappa shape index (κ2) is 10.2. The molecule has 4 aromatic rings. The van der Waals surface area contributed by atoms with Crippen LogP contribution in [0.5, 0.6) is 5.75 Å². The topological polar surface area (TPSA) is 59.3 Å². The summed E-state index contributed by atoms with van der Waals surface area (Å²) < 4.78 is 34.1. The summed E-state index contributed by atoms with van der Waals surface area (Å²) >= 11 is 0. The Labute approximate surface area is 202 Å². The van der Waals surface area contributed by atoms with Crippen LogP contribution in [0.3, 0.4) is 0 Å². The molecule has 0 spiro atoms. The lowest BCUT2D eigenvalue weighted by atomic mass is 10.0. The number of tetrazole rings is 1. The van der Waals surface area contributed by atoms with E-state index in [0.717, 1.165) is 48.7 Å². The van der Waals surface area contributed by atoms with E-state index in [1.807, 2.05) is 24.3 Å². The van der Waals surface area contributed by atoms with Crippen molar-refractivity contribution < 1.29 is 13.5 Å². The van der Waals surface area contributed by atoms with Gasteiger partial charge < -0.3 is 9.64 Å². The zero-order valence-electron chi connectivity index (χ0n) is 19.4. The van der Waals surface area contributed by atoms with E-state index in [9.17, 15) is 8.78 Å². The van der Waals surface area contributed by atoms with E-state index in [4.69, 9.17) is 4.74 Å². The molecule has 5 rings (SSSR count). The fourth-order valence-electron chi connectivity index (χ4n) is 4.48. The normalized spacial score (nSPS) is 15.2. The third-order valence-electron chi connectivity index (χ3n) is 6.35. The maximum atomic E-state index is 13.7. The first-order valence-corrected chi connectivity index (χ1v) is 11.5. The van der Waals surface area contributed by atoms with Crippen LogP contribution in [0.2, 0.25) is 0 Å². The van der Waals surface area contributed by atoms with Crippen LogP contribution in [0, 0.1) is 11.6 Å². The highest BCUT2D eigenvalue weighted by Gasteiger charge is 2.31. The number of anilines is 1. The van der Waals surface area contributed by atoms with Gasteiger partial charge in [0.15, 0.2) is 5.82 Å². The van der Waals surface area contributed by atoms with Crippen LogP contribution in [0.4, 0.5) is 14.5 Å². The number of methoxy groups -OCH3 is 1. The van der Waals surface area contributed by atoms with Crippen molar-refractivity contribution in [2.45, 2.75) is 12.6 Å².